The van der Waals surface area contributed by atoms with Crippen molar-refractivity contribution >= 4 is 11.7 Å². The van der Waals surface area contributed by atoms with Crippen LogP contribution in [0.15, 0.2) is 18.2 Å². The molecule has 3 nitrogen and oxygen atoms in total. The number of aromatic carboxylic acids is 1. The summed E-state index contributed by atoms with van der Waals surface area (Å²) in [6, 6.07) is 4.83. The van der Waals surface area contributed by atoms with Crippen LogP contribution < -0.4 is 5.32 Å². The minimum absolute atomic E-state index is 0.0700. The van der Waals surface area contributed by atoms with Gasteiger partial charge in [-0.25, -0.2) is 4.79 Å². The molecule has 0 spiro atoms. The van der Waals surface area contributed by atoms with E-state index in [4.69, 9.17) is 11.5 Å². The second-order valence-electron chi connectivity index (χ2n) is 3.37. The Morgan fingerprint density at radius 1 is 1.60 bits per heavy atom. The average Bonchev–Trinajstić information content (AvgIpc) is 2.20. The highest BCUT2D eigenvalue weighted by Crippen LogP contribution is 2.17. The summed E-state index contributed by atoms with van der Waals surface area (Å²) in [5.74, 6) is 1.63. The van der Waals surface area contributed by atoms with Gasteiger partial charge in [-0.15, -0.1) is 6.42 Å². The molecule has 2 N–H and O–H groups in total. The molecule has 0 saturated heterocycles. The molecule has 0 amide bonds. The zero-order valence-corrected chi connectivity index (χ0v) is 8.74. The molecule has 15 heavy (non-hydrogen) atoms. The highest BCUT2D eigenvalue weighted by atomic mass is 16.4. The zero-order valence-electron chi connectivity index (χ0n) is 8.74. The molecule has 0 heterocycles. The van der Waals surface area contributed by atoms with Gasteiger partial charge in [0.15, 0.2) is 0 Å². The Bertz CT molecular complexity index is 418. The van der Waals surface area contributed by atoms with Gasteiger partial charge >= 0.3 is 5.97 Å². The number of nitrogens with one attached hydrogen (secondary N) is 1. The van der Waals surface area contributed by atoms with Crippen molar-refractivity contribution in [3.05, 3.63) is 29.3 Å². The molecule has 1 unspecified atom stereocenters. The molecule has 78 valence electrons. The predicted octanol–water partition coefficient (Wildman–Crippen LogP) is 2.13. The molecule has 0 radical (unpaired) electrons. The lowest BCUT2D eigenvalue weighted by molar-refractivity contribution is 0.0697. The summed E-state index contributed by atoms with van der Waals surface area (Å²) in [7, 11) is 0. The summed E-state index contributed by atoms with van der Waals surface area (Å²) >= 11 is 0. The van der Waals surface area contributed by atoms with Crippen molar-refractivity contribution < 1.29 is 9.90 Å². The first-order chi connectivity index (χ1) is 7.04. The highest BCUT2D eigenvalue weighted by molar-refractivity contribution is 5.88. The van der Waals surface area contributed by atoms with Crippen molar-refractivity contribution in [1.29, 1.82) is 0 Å². The Balaban J connectivity index is 2.94. The van der Waals surface area contributed by atoms with Gasteiger partial charge in [-0.1, -0.05) is 5.92 Å². The molecule has 0 bridgehead atoms. The second kappa shape index (κ2) is 4.52. The molecule has 0 saturated carbocycles. The van der Waals surface area contributed by atoms with Crippen molar-refractivity contribution in [1.82, 2.24) is 0 Å². The summed E-state index contributed by atoms with van der Waals surface area (Å²) in [6.45, 7) is 3.71. The Labute approximate surface area is 89.1 Å². The molecule has 1 atom stereocenters. The standard InChI is InChI=1S/C12H13NO2/c1-4-9(3)13-11-6-5-10(12(14)15)7-8(11)2/h1,5-7,9,13H,2-3H3,(H,14,15). The number of carboxylic acids is 1. The first-order valence-corrected chi connectivity index (χ1v) is 4.61. The predicted molar refractivity (Wildman–Crippen MR) is 60.1 cm³/mol. The van der Waals surface area contributed by atoms with Gasteiger partial charge in [0.2, 0.25) is 0 Å². The molecule has 1 rings (SSSR count). The molecule has 0 aromatic heterocycles. The van der Waals surface area contributed by atoms with E-state index in [-0.39, 0.29) is 11.6 Å². The highest BCUT2D eigenvalue weighted by Gasteiger charge is 2.06. The number of carbonyl (C=O) groups is 1. The van der Waals surface area contributed by atoms with Crippen LogP contribution >= 0.6 is 0 Å². The van der Waals surface area contributed by atoms with E-state index >= 15 is 0 Å². The molecule has 0 aliphatic carbocycles. The number of terminal acetylenes is 1. The fraction of sp³-hybridized carbons (Fsp3) is 0.250. The third-order valence-electron chi connectivity index (χ3n) is 2.10. The number of carboxylic acid groups (broad SMARTS) is 1. The minimum atomic E-state index is -0.922. The van der Waals surface area contributed by atoms with Gasteiger partial charge in [0.25, 0.3) is 0 Å². The van der Waals surface area contributed by atoms with Crippen LogP contribution in [0.1, 0.15) is 22.8 Å². The van der Waals surface area contributed by atoms with Gasteiger partial charge in [0, 0.05) is 5.69 Å². The largest absolute Gasteiger partial charge is 0.478 e. The SMILES string of the molecule is C#CC(C)Nc1ccc(C(=O)O)cc1C. The zero-order chi connectivity index (χ0) is 11.4. The molecule has 3 heteroatoms. The first kappa shape index (κ1) is 11.1. The second-order valence-corrected chi connectivity index (χ2v) is 3.37. The molecule has 0 aliphatic rings. The molecule has 0 aliphatic heterocycles. The van der Waals surface area contributed by atoms with Crippen LogP contribution in [-0.2, 0) is 0 Å². The van der Waals surface area contributed by atoms with Gasteiger partial charge in [0.1, 0.15) is 0 Å². The summed E-state index contributed by atoms with van der Waals surface area (Å²) < 4.78 is 0. The third kappa shape index (κ3) is 2.75. The van der Waals surface area contributed by atoms with Crippen LogP contribution in [0, 0.1) is 19.3 Å². The lowest BCUT2D eigenvalue weighted by Crippen LogP contribution is -2.13. The normalized spacial score (nSPS) is 11.5. The number of hydrogen-bond acceptors (Lipinski definition) is 2. The monoisotopic (exact) mass is 203 g/mol. The van der Waals surface area contributed by atoms with E-state index in [2.05, 4.69) is 11.2 Å². The molecular formula is C12H13NO2. The summed E-state index contributed by atoms with van der Waals surface area (Å²) in [6.07, 6.45) is 5.24. The fourth-order valence-corrected chi connectivity index (χ4v) is 1.23. The van der Waals surface area contributed by atoms with Crippen LogP contribution in [0.3, 0.4) is 0 Å². The maximum absolute atomic E-state index is 10.7. The van der Waals surface area contributed by atoms with Gasteiger partial charge < -0.3 is 10.4 Å². The van der Waals surface area contributed by atoms with Gasteiger partial charge in [0.05, 0.1) is 11.6 Å². The smallest absolute Gasteiger partial charge is 0.335 e. The maximum Gasteiger partial charge on any atom is 0.335 e. The summed E-state index contributed by atoms with van der Waals surface area (Å²) in [5.41, 5.74) is 2.02. The molecular weight excluding hydrogens is 190 g/mol. The van der Waals surface area contributed by atoms with E-state index in [1.165, 1.54) is 0 Å². The minimum Gasteiger partial charge on any atom is -0.478 e. The van der Waals surface area contributed by atoms with Crippen LogP contribution in [0.25, 0.3) is 0 Å². The number of benzene rings is 1. The quantitative estimate of drug-likeness (QED) is 0.740. The number of aryl methyl sites for hydroxylation is 1. The van der Waals surface area contributed by atoms with Gasteiger partial charge in [-0.3, -0.25) is 0 Å². The average molecular weight is 203 g/mol. The van der Waals surface area contributed by atoms with Crippen LogP contribution in [0.4, 0.5) is 5.69 Å². The Morgan fingerprint density at radius 3 is 2.73 bits per heavy atom. The van der Waals surface area contributed by atoms with Crippen molar-refractivity contribution in [3.8, 4) is 12.3 Å². The van der Waals surface area contributed by atoms with E-state index in [0.717, 1.165) is 11.3 Å². The molecule has 1 aromatic rings. The third-order valence-corrected chi connectivity index (χ3v) is 2.10. The molecule has 1 aromatic carbocycles. The maximum atomic E-state index is 10.7. The Morgan fingerprint density at radius 2 is 2.27 bits per heavy atom. The van der Waals surface area contributed by atoms with E-state index in [9.17, 15) is 4.79 Å². The van der Waals surface area contributed by atoms with Crippen LogP contribution in [-0.4, -0.2) is 17.1 Å². The molecule has 0 fully saturated rings. The number of anilines is 1. The van der Waals surface area contributed by atoms with E-state index in [1.807, 2.05) is 13.8 Å². The lowest BCUT2D eigenvalue weighted by Gasteiger charge is -2.12. The first-order valence-electron chi connectivity index (χ1n) is 4.61. The summed E-state index contributed by atoms with van der Waals surface area (Å²) in [5, 5.41) is 11.9. The Hall–Kier alpha value is -1.95. The lowest BCUT2D eigenvalue weighted by atomic mass is 10.1. The van der Waals surface area contributed by atoms with Crippen molar-refractivity contribution in [2.75, 3.05) is 5.32 Å². The van der Waals surface area contributed by atoms with E-state index in [0.29, 0.717) is 0 Å². The van der Waals surface area contributed by atoms with Crippen molar-refractivity contribution in [3.63, 3.8) is 0 Å². The number of rotatable bonds is 3. The Kier molecular flexibility index (Phi) is 3.35. The van der Waals surface area contributed by atoms with Crippen LogP contribution in [0.5, 0.6) is 0 Å². The van der Waals surface area contributed by atoms with Crippen molar-refractivity contribution in [2.24, 2.45) is 0 Å². The topological polar surface area (TPSA) is 49.3 Å². The number of hydrogen-bond donors (Lipinski definition) is 2. The van der Waals surface area contributed by atoms with Crippen molar-refractivity contribution in [2.45, 2.75) is 19.9 Å². The van der Waals surface area contributed by atoms with Gasteiger partial charge in [-0.05, 0) is 37.6 Å². The fourth-order valence-electron chi connectivity index (χ4n) is 1.23. The summed E-state index contributed by atoms with van der Waals surface area (Å²) in [4.78, 5) is 10.7. The van der Waals surface area contributed by atoms with Gasteiger partial charge in [-0.2, -0.15) is 0 Å². The van der Waals surface area contributed by atoms with E-state index < -0.39 is 5.97 Å². The van der Waals surface area contributed by atoms with E-state index in [1.54, 1.807) is 18.2 Å². The van der Waals surface area contributed by atoms with Crippen LogP contribution in [0.2, 0.25) is 0 Å².